The Hall–Kier alpha value is 0.160. The molecule has 0 bridgehead atoms. The predicted octanol–water partition coefficient (Wildman–Crippen LogP) is 1.74. The van der Waals surface area contributed by atoms with Gasteiger partial charge in [0.2, 0.25) is 5.91 Å². The summed E-state index contributed by atoms with van der Waals surface area (Å²) in [7, 11) is 0. The van der Waals surface area contributed by atoms with E-state index in [-0.39, 0.29) is 11.8 Å². The van der Waals surface area contributed by atoms with Crippen LogP contribution in [0, 0.1) is 5.92 Å². The Balaban J connectivity index is 2.07. The number of nitrogens with one attached hydrogen (secondary N) is 1. The van der Waals surface area contributed by atoms with Gasteiger partial charge in [-0.25, -0.2) is 0 Å². The van der Waals surface area contributed by atoms with Gasteiger partial charge in [0.1, 0.15) is 0 Å². The summed E-state index contributed by atoms with van der Waals surface area (Å²) in [4.78, 5) is 11.6. The van der Waals surface area contributed by atoms with Crippen LogP contribution in [0.2, 0.25) is 0 Å². The van der Waals surface area contributed by atoms with E-state index in [1.807, 2.05) is 0 Å². The molecule has 0 spiro atoms. The number of unbranched alkanes of at least 4 members (excludes halogenated alkanes) is 1. The highest BCUT2D eigenvalue weighted by Gasteiger charge is 2.20. The monoisotopic (exact) mass is 311 g/mol. The normalized spacial score (nSPS) is 18.1. The maximum Gasteiger partial charge on any atom is 0.223 e. The molecule has 82 valence electrons. The number of rotatable bonds is 5. The van der Waals surface area contributed by atoms with Crippen LogP contribution in [-0.2, 0) is 9.53 Å². The molecule has 1 rings (SSSR count). The fourth-order valence-corrected chi connectivity index (χ4v) is 2.07. The highest BCUT2D eigenvalue weighted by molar-refractivity contribution is 14.1. The molecule has 0 aliphatic carbocycles. The summed E-state index contributed by atoms with van der Waals surface area (Å²) in [6.45, 7) is 2.32. The van der Waals surface area contributed by atoms with Crippen molar-refractivity contribution in [1.82, 2.24) is 5.32 Å². The molecule has 4 heteroatoms. The number of ether oxygens (including phenoxy) is 1. The standard InChI is InChI=1S/C10H18INO2/c11-5-1-2-6-12-10(13)9-3-7-14-8-4-9/h9H,1-8H2,(H,12,13). The lowest BCUT2D eigenvalue weighted by molar-refractivity contribution is -0.127. The zero-order chi connectivity index (χ0) is 10.2. The minimum atomic E-state index is 0.198. The molecule has 0 aromatic carbocycles. The van der Waals surface area contributed by atoms with Crippen molar-refractivity contribution in [1.29, 1.82) is 0 Å². The van der Waals surface area contributed by atoms with Crippen molar-refractivity contribution in [2.75, 3.05) is 24.2 Å². The van der Waals surface area contributed by atoms with Gasteiger partial charge in [-0.3, -0.25) is 4.79 Å². The van der Waals surface area contributed by atoms with Crippen molar-refractivity contribution in [3.05, 3.63) is 0 Å². The lowest BCUT2D eigenvalue weighted by atomic mass is 9.99. The largest absolute Gasteiger partial charge is 0.381 e. The highest BCUT2D eigenvalue weighted by atomic mass is 127. The summed E-state index contributed by atoms with van der Waals surface area (Å²) < 4.78 is 6.38. The van der Waals surface area contributed by atoms with Crippen molar-refractivity contribution in [2.45, 2.75) is 25.7 Å². The molecule has 3 nitrogen and oxygen atoms in total. The number of halogens is 1. The Labute approximate surface area is 99.1 Å². The second-order valence-electron chi connectivity index (χ2n) is 3.57. The van der Waals surface area contributed by atoms with Crippen LogP contribution >= 0.6 is 22.6 Å². The SMILES string of the molecule is O=C(NCCCCI)C1CCOCC1. The Bertz CT molecular complexity index is 170. The third kappa shape index (κ3) is 4.59. The summed E-state index contributed by atoms with van der Waals surface area (Å²) in [6.07, 6.45) is 4.06. The van der Waals surface area contributed by atoms with E-state index >= 15 is 0 Å². The number of alkyl halides is 1. The second-order valence-corrected chi connectivity index (χ2v) is 4.65. The van der Waals surface area contributed by atoms with Gasteiger partial charge in [0.25, 0.3) is 0 Å². The molecule has 0 aromatic rings. The van der Waals surface area contributed by atoms with Crippen molar-refractivity contribution < 1.29 is 9.53 Å². The molecule has 14 heavy (non-hydrogen) atoms. The lowest BCUT2D eigenvalue weighted by Crippen LogP contribution is -2.34. The third-order valence-electron chi connectivity index (χ3n) is 2.45. The Morgan fingerprint density at radius 2 is 2.07 bits per heavy atom. The van der Waals surface area contributed by atoms with Gasteiger partial charge < -0.3 is 10.1 Å². The molecular formula is C10H18INO2. The fraction of sp³-hybridized carbons (Fsp3) is 0.900. The summed E-state index contributed by atoms with van der Waals surface area (Å²) in [6, 6.07) is 0. The summed E-state index contributed by atoms with van der Waals surface area (Å²) in [5.41, 5.74) is 0. The van der Waals surface area contributed by atoms with Gasteiger partial charge in [0.05, 0.1) is 0 Å². The van der Waals surface area contributed by atoms with E-state index in [4.69, 9.17) is 4.74 Å². The Morgan fingerprint density at radius 1 is 1.36 bits per heavy atom. The molecule has 1 fully saturated rings. The summed E-state index contributed by atoms with van der Waals surface area (Å²) in [5, 5.41) is 2.99. The molecule has 1 aliphatic heterocycles. The van der Waals surface area contributed by atoms with E-state index in [0.29, 0.717) is 0 Å². The van der Waals surface area contributed by atoms with Gasteiger partial charge >= 0.3 is 0 Å². The average Bonchev–Trinajstić information content (AvgIpc) is 2.25. The van der Waals surface area contributed by atoms with Crippen LogP contribution in [0.5, 0.6) is 0 Å². The summed E-state index contributed by atoms with van der Waals surface area (Å²) >= 11 is 2.36. The first-order chi connectivity index (χ1) is 6.84. The number of amides is 1. The summed E-state index contributed by atoms with van der Waals surface area (Å²) in [5.74, 6) is 0.421. The van der Waals surface area contributed by atoms with Crippen LogP contribution in [0.1, 0.15) is 25.7 Å². The van der Waals surface area contributed by atoms with Crippen LogP contribution < -0.4 is 5.32 Å². The first kappa shape index (κ1) is 12.2. The van der Waals surface area contributed by atoms with Gasteiger partial charge in [-0.15, -0.1) is 0 Å². The molecule has 1 saturated heterocycles. The van der Waals surface area contributed by atoms with Gasteiger partial charge in [-0.05, 0) is 30.1 Å². The van der Waals surface area contributed by atoms with Crippen molar-refractivity contribution in [2.24, 2.45) is 5.92 Å². The quantitative estimate of drug-likeness (QED) is 0.477. The van der Waals surface area contributed by atoms with E-state index < -0.39 is 0 Å². The van der Waals surface area contributed by atoms with E-state index in [9.17, 15) is 4.79 Å². The van der Waals surface area contributed by atoms with Crippen molar-refractivity contribution >= 4 is 28.5 Å². The third-order valence-corrected chi connectivity index (χ3v) is 3.21. The molecule has 0 radical (unpaired) electrons. The van der Waals surface area contributed by atoms with Crippen LogP contribution in [0.15, 0.2) is 0 Å². The lowest BCUT2D eigenvalue weighted by Gasteiger charge is -2.21. The molecule has 0 unspecified atom stereocenters. The maximum absolute atomic E-state index is 11.6. The number of hydrogen-bond donors (Lipinski definition) is 1. The molecule has 1 heterocycles. The van der Waals surface area contributed by atoms with Crippen molar-refractivity contribution in [3.63, 3.8) is 0 Å². The van der Waals surface area contributed by atoms with Gasteiger partial charge in [-0.2, -0.15) is 0 Å². The van der Waals surface area contributed by atoms with E-state index in [1.54, 1.807) is 0 Å². The molecule has 0 aromatic heterocycles. The topological polar surface area (TPSA) is 38.3 Å². The Morgan fingerprint density at radius 3 is 2.71 bits per heavy atom. The maximum atomic E-state index is 11.6. The van der Waals surface area contributed by atoms with Crippen LogP contribution in [0.25, 0.3) is 0 Å². The van der Waals surface area contributed by atoms with Gasteiger partial charge in [0.15, 0.2) is 0 Å². The molecule has 0 saturated carbocycles. The molecule has 1 amide bonds. The molecule has 1 aliphatic rings. The van der Waals surface area contributed by atoms with E-state index in [2.05, 4.69) is 27.9 Å². The molecule has 1 N–H and O–H groups in total. The minimum Gasteiger partial charge on any atom is -0.381 e. The predicted molar refractivity (Wildman–Crippen MR) is 64.7 cm³/mol. The molecular weight excluding hydrogens is 293 g/mol. The smallest absolute Gasteiger partial charge is 0.223 e. The van der Waals surface area contributed by atoms with Crippen LogP contribution in [0.4, 0.5) is 0 Å². The van der Waals surface area contributed by atoms with Crippen LogP contribution in [0.3, 0.4) is 0 Å². The first-order valence-electron chi connectivity index (χ1n) is 5.26. The van der Waals surface area contributed by atoms with E-state index in [1.165, 1.54) is 10.8 Å². The first-order valence-corrected chi connectivity index (χ1v) is 6.78. The number of carbonyl (C=O) groups excluding carboxylic acids is 1. The number of carbonyl (C=O) groups is 1. The van der Waals surface area contributed by atoms with Crippen molar-refractivity contribution in [3.8, 4) is 0 Å². The molecule has 0 atom stereocenters. The highest BCUT2D eigenvalue weighted by Crippen LogP contribution is 2.14. The van der Waals surface area contributed by atoms with E-state index in [0.717, 1.165) is 39.0 Å². The second kappa shape index (κ2) is 7.45. The zero-order valence-electron chi connectivity index (χ0n) is 8.43. The van der Waals surface area contributed by atoms with Crippen LogP contribution in [-0.4, -0.2) is 30.1 Å². The zero-order valence-corrected chi connectivity index (χ0v) is 10.6. The number of hydrogen-bond acceptors (Lipinski definition) is 2. The fourth-order valence-electron chi connectivity index (χ4n) is 1.54. The minimum absolute atomic E-state index is 0.198. The average molecular weight is 311 g/mol. The Kier molecular flexibility index (Phi) is 6.51. The van der Waals surface area contributed by atoms with Gasteiger partial charge in [-0.1, -0.05) is 22.6 Å². The van der Waals surface area contributed by atoms with Gasteiger partial charge in [0, 0.05) is 25.7 Å².